The molecule has 6 nitrogen and oxygen atoms in total. The van der Waals surface area contributed by atoms with Gasteiger partial charge in [-0.15, -0.1) is 11.8 Å². The number of nitrogens with one attached hydrogen (secondary N) is 1. The van der Waals surface area contributed by atoms with Gasteiger partial charge in [-0.2, -0.15) is 0 Å². The average Bonchev–Trinajstić information content (AvgIpc) is 2.55. The summed E-state index contributed by atoms with van der Waals surface area (Å²) in [5, 5.41) is 13.7. The fourth-order valence-electron chi connectivity index (χ4n) is 1.98. The molecule has 0 saturated heterocycles. The van der Waals surface area contributed by atoms with Crippen LogP contribution in [0.2, 0.25) is 0 Å². The highest BCUT2D eigenvalue weighted by molar-refractivity contribution is 9.10. The zero-order valence-corrected chi connectivity index (χ0v) is 15.4. The van der Waals surface area contributed by atoms with Crippen molar-refractivity contribution in [3.05, 3.63) is 56.5 Å². The van der Waals surface area contributed by atoms with E-state index in [9.17, 15) is 14.9 Å². The maximum atomic E-state index is 12.1. The Labute approximate surface area is 151 Å². The van der Waals surface area contributed by atoms with E-state index < -0.39 is 4.92 Å². The van der Waals surface area contributed by atoms with E-state index in [1.807, 2.05) is 24.3 Å². The Morgan fingerprint density at radius 1 is 1.33 bits per heavy atom. The lowest BCUT2D eigenvalue weighted by molar-refractivity contribution is -0.385. The van der Waals surface area contributed by atoms with Gasteiger partial charge in [0, 0.05) is 27.2 Å². The first-order valence-electron chi connectivity index (χ1n) is 6.92. The monoisotopic (exact) mass is 410 g/mol. The van der Waals surface area contributed by atoms with Crippen LogP contribution in [0.3, 0.4) is 0 Å². The smallest absolute Gasteiger partial charge is 0.311 e. The van der Waals surface area contributed by atoms with Gasteiger partial charge in [-0.25, -0.2) is 0 Å². The van der Waals surface area contributed by atoms with Gasteiger partial charge in [-0.1, -0.05) is 15.9 Å². The lowest BCUT2D eigenvalue weighted by atomic mass is 10.1. The van der Waals surface area contributed by atoms with Gasteiger partial charge < -0.3 is 10.1 Å². The lowest BCUT2D eigenvalue weighted by Gasteiger charge is -2.11. The molecule has 0 aromatic heterocycles. The van der Waals surface area contributed by atoms with Crippen LogP contribution >= 0.6 is 27.7 Å². The minimum Gasteiger partial charge on any atom is -0.490 e. The second kappa shape index (κ2) is 8.16. The second-order valence-corrected chi connectivity index (χ2v) is 6.85. The summed E-state index contributed by atoms with van der Waals surface area (Å²) in [6.45, 7) is 1.70. The molecule has 1 amide bonds. The second-order valence-electron chi connectivity index (χ2n) is 4.89. The van der Waals surface area contributed by atoms with Crippen molar-refractivity contribution in [2.75, 3.05) is 18.2 Å². The quantitative estimate of drug-likeness (QED) is 0.433. The number of ether oxygens (including phenoxy) is 1. The van der Waals surface area contributed by atoms with Crippen molar-refractivity contribution < 1.29 is 14.5 Å². The molecule has 0 radical (unpaired) electrons. The summed E-state index contributed by atoms with van der Waals surface area (Å²) >= 11 is 4.77. The van der Waals surface area contributed by atoms with Gasteiger partial charge in [0.15, 0.2) is 5.75 Å². The summed E-state index contributed by atoms with van der Waals surface area (Å²) < 4.78 is 6.00. The van der Waals surface area contributed by atoms with Crippen LogP contribution in [-0.2, 0) is 4.79 Å². The van der Waals surface area contributed by atoms with Crippen LogP contribution < -0.4 is 10.1 Å². The third-order valence-corrected chi connectivity index (χ3v) is 4.72. The predicted octanol–water partition coefficient (Wildman–Crippen LogP) is 4.41. The minimum absolute atomic E-state index is 0.112. The summed E-state index contributed by atoms with van der Waals surface area (Å²) in [4.78, 5) is 23.6. The van der Waals surface area contributed by atoms with Crippen molar-refractivity contribution >= 4 is 45.0 Å². The highest BCUT2D eigenvalue weighted by Crippen LogP contribution is 2.33. The first-order valence-corrected chi connectivity index (χ1v) is 8.70. The van der Waals surface area contributed by atoms with Gasteiger partial charge in [-0.05, 0) is 36.8 Å². The molecule has 2 aromatic carbocycles. The summed E-state index contributed by atoms with van der Waals surface area (Å²) in [5.41, 5.74) is 0.973. The first-order chi connectivity index (χ1) is 11.4. The first kappa shape index (κ1) is 18.3. The van der Waals surface area contributed by atoms with E-state index in [2.05, 4.69) is 21.2 Å². The van der Waals surface area contributed by atoms with Gasteiger partial charge in [0.05, 0.1) is 17.8 Å². The Kier molecular flexibility index (Phi) is 6.22. The molecule has 8 heteroatoms. The van der Waals surface area contributed by atoms with Crippen LogP contribution in [-0.4, -0.2) is 23.7 Å². The lowest BCUT2D eigenvalue weighted by Crippen LogP contribution is -2.15. The van der Waals surface area contributed by atoms with Gasteiger partial charge in [0.2, 0.25) is 5.91 Å². The van der Waals surface area contributed by atoms with Gasteiger partial charge >= 0.3 is 5.69 Å². The number of benzene rings is 2. The Bertz CT molecular complexity index is 765. The molecular formula is C16H15BrN2O4S. The van der Waals surface area contributed by atoms with Crippen LogP contribution in [0.15, 0.2) is 45.8 Å². The van der Waals surface area contributed by atoms with Crippen molar-refractivity contribution in [3.63, 3.8) is 0 Å². The minimum atomic E-state index is -0.513. The standard InChI is InChI=1S/C16H15BrN2O4S/c1-10-7-14(19(21)22)15(23-2)8-13(10)18-16(20)9-24-12-5-3-11(17)4-6-12/h3-8H,9H2,1-2H3,(H,18,20). The molecule has 1 N–H and O–H groups in total. The van der Waals surface area contributed by atoms with E-state index in [0.29, 0.717) is 11.3 Å². The number of nitro groups is 1. The molecule has 0 saturated carbocycles. The number of halogens is 1. The van der Waals surface area contributed by atoms with Crippen LogP contribution in [0, 0.1) is 17.0 Å². The number of nitrogens with zero attached hydrogens (tertiary/aromatic N) is 1. The molecule has 0 aliphatic heterocycles. The number of hydrogen-bond donors (Lipinski definition) is 1. The molecular weight excluding hydrogens is 396 g/mol. The van der Waals surface area contributed by atoms with Crippen molar-refractivity contribution in [3.8, 4) is 5.75 Å². The predicted molar refractivity (Wildman–Crippen MR) is 97.9 cm³/mol. The molecule has 0 spiro atoms. The zero-order valence-electron chi connectivity index (χ0n) is 13.0. The van der Waals surface area contributed by atoms with Crippen LogP contribution in [0.25, 0.3) is 0 Å². The molecule has 24 heavy (non-hydrogen) atoms. The number of rotatable bonds is 6. The zero-order chi connectivity index (χ0) is 17.7. The van der Waals surface area contributed by atoms with Crippen molar-refractivity contribution in [1.82, 2.24) is 0 Å². The highest BCUT2D eigenvalue weighted by atomic mass is 79.9. The summed E-state index contributed by atoms with van der Waals surface area (Å²) in [6, 6.07) is 10.5. The molecule has 0 heterocycles. The highest BCUT2D eigenvalue weighted by Gasteiger charge is 2.18. The molecule has 0 aliphatic rings. The Hall–Kier alpha value is -2.06. The topological polar surface area (TPSA) is 81.5 Å². The third-order valence-electron chi connectivity index (χ3n) is 3.18. The number of methoxy groups -OCH3 is 1. The fourth-order valence-corrected chi connectivity index (χ4v) is 2.94. The maximum Gasteiger partial charge on any atom is 0.311 e. The SMILES string of the molecule is COc1cc(NC(=O)CSc2ccc(Br)cc2)c(C)cc1[N+](=O)[O-]. The Morgan fingerprint density at radius 2 is 2.00 bits per heavy atom. The molecule has 2 aromatic rings. The van der Waals surface area contributed by atoms with E-state index in [1.165, 1.54) is 31.0 Å². The summed E-state index contributed by atoms with van der Waals surface area (Å²) in [5.74, 6) is 0.156. The molecule has 0 fully saturated rings. The fraction of sp³-hybridized carbons (Fsp3) is 0.188. The van der Waals surface area contributed by atoms with Crippen LogP contribution in [0.4, 0.5) is 11.4 Å². The van der Waals surface area contributed by atoms with Crippen LogP contribution in [0.1, 0.15) is 5.56 Å². The number of amides is 1. The van der Waals surface area contributed by atoms with Crippen molar-refractivity contribution in [2.24, 2.45) is 0 Å². The average molecular weight is 411 g/mol. The van der Waals surface area contributed by atoms with Crippen molar-refractivity contribution in [2.45, 2.75) is 11.8 Å². The van der Waals surface area contributed by atoms with Gasteiger partial charge in [-0.3, -0.25) is 14.9 Å². The molecule has 0 unspecified atom stereocenters. The van der Waals surface area contributed by atoms with E-state index >= 15 is 0 Å². The van der Waals surface area contributed by atoms with Crippen molar-refractivity contribution in [1.29, 1.82) is 0 Å². The summed E-state index contributed by atoms with van der Waals surface area (Å²) in [6.07, 6.45) is 0. The van der Waals surface area contributed by atoms with E-state index in [1.54, 1.807) is 6.92 Å². The largest absolute Gasteiger partial charge is 0.490 e. The number of hydrogen-bond acceptors (Lipinski definition) is 5. The van der Waals surface area contributed by atoms with Gasteiger partial charge in [0.25, 0.3) is 0 Å². The molecule has 0 bridgehead atoms. The normalized spacial score (nSPS) is 10.3. The molecule has 126 valence electrons. The third kappa shape index (κ3) is 4.72. The van der Waals surface area contributed by atoms with Gasteiger partial charge in [0.1, 0.15) is 0 Å². The number of aryl methyl sites for hydroxylation is 1. The van der Waals surface area contributed by atoms with E-state index in [4.69, 9.17) is 4.74 Å². The van der Waals surface area contributed by atoms with E-state index in [-0.39, 0.29) is 23.1 Å². The number of carbonyl (C=O) groups is 1. The summed E-state index contributed by atoms with van der Waals surface area (Å²) in [7, 11) is 1.35. The number of thioether (sulfide) groups is 1. The van der Waals surface area contributed by atoms with Crippen LogP contribution in [0.5, 0.6) is 5.75 Å². The molecule has 2 rings (SSSR count). The Morgan fingerprint density at radius 3 is 2.58 bits per heavy atom. The molecule has 0 atom stereocenters. The van der Waals surface area contributed by atoms with E-state index in [0.717, 1.165) is 9.37 Å². The maximum absolute atomic E-state index is 12.1. The Balaban J connectivity index is 2.05. The number of nitro benzene ring substituents is 1. The number of carbonyl (C=O) groups excluding carboxylic acids is 1. The molecule has 0 aliphatic carbocycles. The number of anilines is 1.